The van der Waals surface area contributed by atoms with E-state index in [2.05, 4.69) is 0 Å². The second-order valence-electron chi connectivity index (χ2n) is 2.82. The van der Waals surface area contributed by atoms with E-state index in [4.69, 9.17) is 10.5 Å². The molecule has 0 aromatic heterocycles. The fourth-order valence-corrected chi connectivity index (χ4v) is 1.07. The molecular weight excluding hydrogens is 176 g/mol. The van der Waals surface area contributed by atoms with Crippen LogP contribution in [0.15, 0.2) is 30.3 Å². The number of nitriles is 2. The van der Waals surface area contributed by atoms with Crippen LogP contribution >= 0.6 is 0 Å². The third-order valence-electron chi connectivity index (χ3n) is 1.80. The molecule has 0 radical (unpaired) electrons. The first-order valence-electron chi connectivity index (χ1n) is 4.14. The highest BCUT2D eigenvalue weighted by Gasteiger charge is 2.16. The topological polar surface area (TPSA) is 64.7 Å². The molecule has 0 spiro atoms. The van der Waals surface area contributed by atoms with Crippen LogP contribution in [0.3, 0.4) is 0 Å². The molecular formula is C11H8N2O. The van der Waals surface area contributed by atoms with Gasteiger partial charge < -0.3 is 0 Å². The fraction of sp³-hybridized carbons (Fsp3) is 0.182. The first kappa shape index (κ1) is 9.95. The van der Waals surface area contributed by atoms with Crippen molar-refractivity contribution < 1.29 is 4.79 Å². The van der Waals surface area contributed by atoms with Crippen molar-refractivity contribution in [2.45, 2.75) is 6.42 Å². The van der Waals surface area contributed by atoms with Crippen molar-refractivity contribution in [1.82, 2.24) is 0 Å². The van der Waals surface area contributed by atoms with Crippen LogP contribution in [-0.2, 0) is 11.2 Å². The van der Waals surface area contributed by atoms with Crippen LogP contribution in [-0.4, -0.2) is 5.78 Å². The van der Waals surface area contributed by atoms with Crippen LogP contribution in [0.5, 0.6) is 0 Å². The summed E-state index contributed by atoms with van der Waals surface area (Å²) < 4.78 is 0. The lowest BCUT2D eigenvalue weighted by Gasteiger charge is -1.99. The molecule has 0 aliphatic rings. The van der Waals surface area contributed by atoms with Crippen molar-refractivity contribution in [2.24, 2.45) is 5.92 Å². The van der Waals surface area contributed by atoms with Gasteiger partial charge in [0.1, 0.15) is 0 Å². The lowest BCUT2D eigenvalue weighted by molar-refractivity contribution is -0.119. The number of benzene rings is 1. The number of ketones is 1. The molecule has 1 aromatic rings. The van der Waals surface area contributed by atoms with Crippen LogP contribution < -0.4 is 0 Å². The molecule has 68 valence electrons. The summed E-state index contributed by atoms with van der Waals surface area (Å²) in [6.07, 6.45) is 0.145. The van der Waals surface area contributed by atoms with Crippen molar-refractivity contribution in [2.75, 3.05) is 0 Å². The SMILES string of the molecule is N#CC(C#N)C(=O)Cc1ccccc1. The van der Waals surface area contributed by atoms with Gasteiger partial charge in [0, 0.05) is 6.42 Å². The standard InChI is InChI=1S/C11H8N2O/c12-7-10(8-13)11(14)6-9-4-2-1-3-5-9/h1-5,10H,6H2. The predicted molar refractivity (Wildman–Crippen MR) is 49.9 cm³/mol. The van der Waals surface area contributed by atoms with Gasteiger partial charge in [-0.15, -0.1) is 0 Å². The molecule has 0 saturated heterocycles. The fourth-order valence-electron chi connectivity index (χ4n) is 1.07. The Hall–Kier alpha value is -2.13. The molecule has 3 heteroatoms. The first-order chi connectivity index (χ1) is 6.77. The van der Waals surface area contributed by atoms with E-state index in [1.54, 1.807) is 24.3 Å². The van der Waals surface area contributed by atoms with Gasteiger partial charge in [-0.2, -0.15) is 10.5 Å². The zero-order chi connectivity index (χ0) is 10.4. The van der Waals surface area contributed by atoms with Gasteiger partial charge in [-0.3, -0.25) is 4.79 Å². The summed E-state index contributed by atoms with van der Waals surface area (Å²) in [5.41, 5.74) is 0.827. The summed E-state index contributed by atoms with van der Waals surface area (Å²) in [7, 11) is 0. The van der Waals surface area contributed by atoms with Gasteiger partial charge in [0.25, 0.3) is 0 Å². The maximum Gasteiger partial charge on any atom is 0.191 e. The molecule has 0 bridgehead atoms. The second-order valence-corrected chi connectivity index (χ2v) is 2.82. The van der Waals surface area contributed by atoms with E-state index in [0.717, 1.165) is 5.56 Å². The van der Waals surface area contributed by atoms with E-state index in [0.29, 0.717) is 0 Å². The Morgan fingerprint density at radius 1 is 1.21 bits per heavy atom. The molecule has 1 rings (SSSR count). The normalized spacial score (nSPS) is 9.07. The molecule has 0 amide bonds. The van der Waals surface area contributed by atoms with Crippen LogP contribution in [0.1, 0.15) is 5.56 Å². The minimum atomic E-state index is -1.14. The Morgan fingerprint density at radius 2 is 1.79 bits per heavy atom. The third kappa shape index (κ3) is 2.43. The summed E-state index contributed by atoms with van der Waals surface area (Å²) in [6.45, 7) is 0. The highest BCUT2D eigenvalue weighted by molar-refractivity contribution is 5.87. The Morgan fingerprint density at radius 3 is 2.29 bits per heavy atom. The van der Waals surface area contributed by atoms with Crippen molar-refractivity contribution in [3.8, 4) is 12.1 Å². The molecule has 0 unspecified atom stereocenters. The van der Waals surface area contributed by atoms with Gasteiger partial charge in [0.05, 0.1) is 12.1 Å². The Labute approximate surface area is 82.2 Å². The van der Waals surface area contributed by atoms with Crippen molar-refractivity contribution in [3.05, 3.63) is 35.9 Å². The highest BCUT2D eigenvalue weighted by atomic mass is 16.1. The molecule has 0 N–H and O–H groups in total. The van der Waals surface area contributed by atoms with Crippen molar-refractivity contribution >= 4 is 5.78 Å². The lowest BCUT2D eigenvalue weighted by atomic mass is 10.0. The summed E-state index contributed by atoms with van der Waals surface area (Å²) >= 11 is 0. The van der Waals surface area contributed by atoms with Crippen molar-refractivity contribution in [1.29, 1.82) is 10.5 Å². The van der Waals surface area contributed by atoms with Gasteiger partial charge in [0.2, 0.25) is 0 Å². The van der Waals surface area contributed by atoms with Crippen LogP contribution in [0.2, 0.25) is 0 Å². The molecule has 1 aromatic carbocycles. The van der Waals surface area contributed by atoms with Crippen LogP contribution in [0.4, 0.5) is 0 Å². The quantitative estimate of drug-likeness (QED) is 0.714. The predicted octanol–water partition coefficient (Wildman–Crippen LogP) is 1.46. The number of Topliss-reactive ketones (excluding diaryl/α,β-unsaturated/α-hetero) is 1. The smallest absolute Gasteiger partial charge is 0.191 e. The molecule has 3 nitrogen and oxygen atoms in total. The summed E-state index contributed by atoms with van der Waals surface area (Å²) in [5, 5.41) is 17.0. The zero-order valence-electron chi connectivity index (χ0n) is 7.47. The van der Waals surface area contributed by atoms with Gasteiger partial charge in [-0.25, -0.2) is 0 Å². The van der Waals surface area contributed by atoms with E-state index in [1.165, 1.54) is 0 Å². The summed E-state index contributed by atoms with van der Waals surface area (Å²) in [5.74, 6) is -1.49. The number of carbonyl (C=O) groups excluding carboxylic acids is 1. The van der Waals surface area contributed by atoms with E-state index < -0.39 is 5.92 Å². The number of carbonyl (C=O) groups is 1. The lowest BCUT2D eigenvalue weighted by Crippen LogP contribution is -2.13. The van der Waals surface area contributed by atoms with Crippen LogP contribution in [0, 0.1) is 28.6 Å². The van der Waals surface area contributed by atoms with E-state index >= 15 is 0 Å². The highest BCUT2D eigenvalue weighted by Crippen LogP contribution is 2.04. The number of hydrogen-bond acceptors (Lipinski definition) is 3. The second kappa shape index (κ2) is 4.79. The van der Waals surface area contributed by atoms with Crippen molar-refractivity contribution in [3.63, 3.8) is 0 Å². The maximum absolute atomic E-state index is 11.3. The summed E-state index contributed by atoms with van der Waals surface area (Å²) in [6, 6.07) is 12.4. The van der Waals surface area contributed by atoms with E-state index in [9.17, 15) is 4.79 Å². The summed E-state index contributed by atoms with van der Waals surface area (Å²) in [4.78, 5) is 11.3. The molecule has 14 heavy (non-hydrogen) atoms. The Kier molecular flexibility index (Phi) is 3.41. The number of nitrogens with zero attached hydrogens (tertiary/aromatic N) is 2. The van der Waals surface area contributed by atoms with E-state index in [1.807, 2.05) is 18.2 Å². The largest absolute Gasteiger partial charge is 0.297 e. The monoisotopic (exact) mass is 184 g/mol. The average molecular weight is 184 g/mol. The van der Waals surface area contributed by atoms with Gasteiger partial charge in [-0.1, -0.05) is 30.3 Å². The molecule has 0 fully saturated rings. The third-order valence-corrected chi connectivity index (χ3v) is 1.80. The number of rotatable bonds is 3. The minimum Gasteiger partial charge on any atom is -0.297 e. The van der Waals surface area contributed by atoms with Crippen LogP contribution in [0.25, 0.3) is 0 Å². The Balaban J connectivity index is 2.68. The van der Waals surface area contributed by atoms with Gasteiger partial charge in [-0.05, 0) is 5.56 Å². The molecule has 0 saturated carbocycles. The first-order valence-corrected chi connectivity index (χ1v) is 4.14. The number of hydrogen-bond donors (Lipinski definition) is 0. The molecule has 0 heterocycles. The van der Waals surface area contributed by atoms with E-state index in [-0.39, 0.29) is 12.2 Å². The minimum absolute atomic E-state index is 0.145. The molecule has 0 aliphatic carbocycles. The molecule has 0 aliphatic heterocycles. The van der Waals surface area contributed by atoms with Gasteiger partial charge in [0.15, 0.2) is 11.7 Å². The zero-order valence-corrected chi connectivity index (χ0v) is 7.47. The average Bonchev–Trinajstić information content (AvgIpc) is 2.21. The maximum atomic E-state index is 11.3. The van der Waals surface area contributed by atoms with Gasteiger partial charge >= 0.3 is 0 Å². The Bertz CT molecular complexity index is 384. The molecule has 0 atom stereocenters.